The SMILES string of the molecule is CCOC(=O)C1CCCCC(=O)C(C#N)CC1. The maximum Gasteiger partial charge on any atom is 0.308 e. The van der Waals surface area contributed by atoms with E-state index >= 15 is 0 Å². The Morgan fingerprint density at radius 1 is 1.41 bits per heavy atom. The van der Waals surface area contributed by atoms with Crippen molar-refractivity contribution >= 4 is 11.8 Å². The summed E-state index contributed by atoms with van der Waals surface area (Å²) in [5.74, 6) is -0.836. The fourth-order valence-corrected chi connectivity index (χ4v) is 2.17. The van der Waals surface area contributed by atoms with Crippen LogP contribution in [0.15, 0.2) is 0 Å². The normalized spacial score (nSPS) is 26.2. The number of Topliss-reactive ketones (excluding diaryl/α,β-unsaturated/α-hetero) is 1. The predicted octanol–water partition coefficient (Wildman–Crippen LogP) is 2.23. The van der Waals surface area contributed by atoms with Gasteiger partial charge in [-0.25, -0.2) is 0 Å². The van der Waals surface area contributed by atoms with E-state index in [1.54, 1.807) is 6.92 Å². The number of ether oxygens (including phenoxy) is 1. The predicted molar refractivity (Wildman–Crippen MR) is 61.9 cm³/mol. The standard InChI is InChI=1S/C13H19NO3/c1-2-17-13(16)10-5-3-4-6-12(15)11(9-14)8-7-10/h10-11H,2-8H2,1H3. The molecule has 0 amide bonds. The molecule has 1 aliphatic carbocycles. The zero-order chi connectivity index (χ0) is 12.7. The van der Waals surface area contributed by atoms with Gasteiger partial charge in [-0.3, -0.25) is 9.59 Å². The molecule has 0 spiro atoms. The van der Waals surface area contributed by atoms with Gasteiger partial charge >= 0.3 is 5.97 Å². The Hall–Kier alpha value is -1.37. The van der Waals surface area contributed by atoms with Crippen LogP contribution in [-0.4, -0.2) is 18.4 Å². The molecule has 4 heteroatoms. The Kier molecular flexibility index (Phi) is 5.68. The third-order valence-corrected chi connectivity index (χ3v) is 3.19. The van der Waals surface area contributed by atoms with Crippen LogP contribution >= 0.6 is 0 Å². The molecule has 2 atom stereocenters. The van der Waals surface area contributed by atoms with E-state index in [1.165, 1.54) is 0 Å². The number of hydrogen-bond acceptors (Lipinski definition) is 4. The Bertz CT molecular complexity index is 319. The summed E-state index contributed by atoms with van der Waals surface area (Å²) >= 11 is 0. The zero-order valence-corrected chi connectivity index (χ0v) is 10.3. The van der Waals surface area contributed by atoms with Crippen LogP contribution in [0.2, 0.25) is 0 Å². The van der Waals surface area contributed by atoms with Crippen molar-refractivity contribution in [3.63, 3.8) is 0 Å². The van der Waals surface area contributed by atoms with Crippen LogP contribution in [0.4, 0.5) is 0 Å². The summed E-state index contributed by atoms with van der Waals surface area (Å²) in [6.45, 7) is 2.17. The maximum atomic E-state index is 11.7. The molecule has 4 nitrogen and oxygen atoms in total. The highest BCUT2D eigenvalue weighted by atomic mass is 16.5. The highest BCUT2D eigenvalue weighted by Gasteiger charge is 2.26. The summed E-state index contributed by atoms with van der Waals surface area (Å²) < 4.78 is 5.01. The van der Waals surface area contributed by atoms with E-state index in [4.69, 9.17) is 10.00 Å². The van der Waals surface area contributed by atoms with Crippen molar-refractivity contribution in [2.75, 3.05) is 6.61 Å². The number of ketones is 1. The van der Waals surface area contributed by atoms with Gasteiger partial charge in [-0.1, -0.05) is 6.42 Å². The topological polar surface area (TPSA) is 67.2 Å². The number of nitriles is 1. The summed E-state index contributed by atoms with van der Waals surface area (Å²) in [5, 5.41) is 8.91. The van der Waals surface area contributed by atoms with Crippen LogP contribution in [0.3, 0.4) is 0 Å². The minimum absolute atomic E-state index is 0.0250. The Morgan fingerprint density at radius 2 is 2.18 bits per heavy atom. The lowest BCUT2D eigenvalue weighted by Gasteiger charge is -2.14. The number of carbonyl (C=O) groups is 2. The van der Waals surface area contributed by atoms with Gasteiger partial charge in [0, 0.05) is 6.42 Å². The van der Waals surface area contributed by atoms with Crippen molar-refractivity contribution in [2.24, 2.45) is 11.8 Å². The lowest BCUT2D eigenvalue weighted by Crippen LogP contribution is -2.19. The molecule has 0 radical (unpaired) electrons. The van der Waals surface area contributed by atoms with Crippen molar-refractivity contribution in [1.29, 1.82) is 5.26 Å². The number of rotatable bonds is 2. The summed E-state index contributed by atoms with van der Waals surface area (Å²) in [6, 6.07) is 2.04. The van der Waals surface area contributed by atoms with E-state index in [2.05, 4.69) is 0 Å². The maximum absolute atomic E-state index is 11.7. The zero-order valence-electron chi connectivity index (χ0n) is 10.3. The first-order chi connectivity index (χ1) is 8.19. The quantitative estimate of drug-likeness (QED) is 0.691. The third kappa shape index (κ3) is 4.18. The van der Waals surface area contributed by atoms with Crippen molar-refractivity contribution in [2.45, 2.75) is 45.4 Å². The summed E-state index contributed by atoms with van der Waals surface area (Å²) in [6.07, 6.45) is 3.93. The molecule has 2 unspecified atom stereocenters. The lowest BCUT2D eigenvalue weighted by molar-refractivity contribution is -0.148. The molecule has 1 aliphatic rings. The fraction of sp³-hybridized carbons (Fsp3) is 0.769. The first-order valence-corrected chi connectivity index (χ1v) is 6.28. The van der Waals surface area contributed by atoms with Crippen molar-refractivity contribution in [1.82, 2.24) is 0 Å². The fourth-order valence-electron chi connectivity index (χ4n) is 2.17. The van der Waals surface area contributed by atoms with Crippen LogP contribution in [0.5, 0.6) is 0 Å². The first kappa shape index (κ1) is 13.7. The molecule has 0 heterocycles. The molecule has 0 aromatic heterocycles. The molecule has 0 aromatic rings. The second-order valence-electron chi connectivity index (χ2n) is 4.42. The second-order valence-corrected chi connectivity index (χ2v) is 4.42. The van der Waals surface area contributed by atoms with E-state index in [-0.39, 0.29) is 17.7 Å². The van der Waals surface area contributed by atoms with E-state index < -0.39 is 5.92 Å². The molecule has 0 bridgehead atoms. The Morgan fingerprint density at radius 3 is 2.82 bits per heavy atom. The van der Waals surface area contributed by atoms with Gasteiger partial charge in [-0.05, 0) is 32.6 Å². The largest absolute Gasteiger partial charge is 0.466 e. The summed E-state index contributed by atoms with van der Waals surface area (Å²) in [7, 11) is 0. The van der Waals surface area contributed by atoms with E-state index in [0.717, 1.165) is 19.3 Å². The highest BCUT2D eigenvalue weighted by Crippen LogP contribution is 2.24. The number of hydrogen-bond donors (Lipinski definition) is 0. The van der Waals surface area contributed by atoms with E-state index in [1.807, 2.05) is 6.07 Å². The lowest BCUT2D eigenvalue weighted by atomic mass is 9.93. The molecule has 0 aromatic carbocycles. The number of esters is 1. The molecule has 1 saturated carbocycles. The highest BCUT2D eigenvalue weighted by molar-refractivity contribution is 5.83. The average molecular weight is 237 g/mol. The summed E-state index contributed by atoms with van der Waals surface area (Å²) in [5.41, 5.74) is 0. The van der Waals surface area contributed by atoms with Gasteiger partial charge in [0.25, 0.3) is 0 Å². The van der Waals surface area contributed by atoms with Gasteiger partial charge in [0.15, 0.2) is 0 Å². The van der Waals surface area contributed by atoms with Crippen LogP contribution in [0.1, 0.15) is 45.4 Å². The first-order valence-electron chi connectivity index (χ1n) is 6.28. The smallest absolute Gasteiger partial charge is 0.308 e. The van der Waals surface area contributed by atoms with Gasteiger partial charge < -0.3 is 4.74 Å². The summed E-state index contributed by atoms with van der Waals surface area (Å²) in [4.78, 5) is 23.3. The molecular weight excluding hydrogens is 218 g/mol. The minimum Gasteiger partial charge on any atom is -0.466 e. The Balaban J connectivity index is 2.61. The van der Waals surface area contributed by atoms with Crippen LogP contribution in [0.25, 0.3) is 0 Å². The number of nitrogens with zero attached hydrogens (tertiary/aromatic N) is 1. The van der Waals surface area contributed by atoms with Crippen LogP contribution in [0, 0.1) is 23.2 Å². The Labute approximate surface area is 102 Å². The van der Waals surface area contributed by atoms with E-state index in [0.29, 0.717) is 25.9 Å². The van der Waals surface area contributed by atoms with Gasteiger partial charge in [0.1, 0.15) is 11.7 Å². The van der Waals surface area contributed by atoms with Gasteiger partial charge in [0.05, 0.1) is 18.6 Å². The molecule has 0 saturated heterocycles. The van der Waals surface area contributed by atoms with E-state index in [9.17, 15) is 9.59 Å². The van der Waals surface area contributed by atoms with Gasteiger partial charge in [-0.2, -0.15) is 5.26 Å². The van der Waals surface area contributed by atoms with Crippen molar-refractivity contribution in [3.05, 3.63) is 0 Å². The number of carbonyl (C=O) groups excluding carboxylic acids is 2. The van der Waals surface area contributed by atoms with Crippen molar-refractivity contribution < 1.29 is 14.3 Å². The van der Waals surface area contributed by atoms with Crippen LogP contribution in [-0.2, 0) is 14.3 Å². The molecular formula is C13H19NO3. The monoisotopic (exact) mass is 237 g/mol. The van der Waals surface area contributed by atoms with Crippen LogP contribution < -0.4 is 0 Å². The molecule has 1 rings (SSSR count). The van der Waals surface area contributed by atoms with Crippen molar-refractivity contribution in [3.8, 4) is 6.07 Å². The second kappa shape index (κ2) is 7.05. The van der Waals surface area contributed by atoms with Gasteiger partial charge in [0.2, 0.25) is 0 Å². The third-order valence-electron chi connectivity index (χ3n) is 3.19. The minimum atomic E-state index is -0.537. The molecule has 0 aliphatic heterocycles. The average Bonchev–Trinajstić information content (AvgIpc) is 2.40. The molecule has 1 fully saturated rings. The molecule has 94 valence electrons. The molecule has 0 N–H and O–H groups in total. The van der Waals surface area contributed by atoms with Gasteiger partial charge in [-0.15, -0.1) is 0 Å². The molecule has 17 heavy (non-hydrogen) atoms.